The van der Waals surface area contributed by atoms with E-state index in [4.69, 9.17) is 16.3 Å². The number of anilines is 1. The maximum Gasteiger partial charge on any atom is 0.321 e. The van der Waals surface area contributed by atoms with Crippen LogP contribution in [-0.4, -0.2) is 28.6 Å². The summed E-state index contributed by atoms with van der Waals surface area (Å²) in [5, 5.41) is 2.83. The minimum Gasteiger partial charge on any atom is -0.464 e. The van der Waals surface area contributed by atoms with Gasteiger partial charge in [0.2, 0.25) is 5.95 Å². The number of ether oxygens (including phenoxy) is 1. The van der Waals surface area contributed by atoms with Gasteiger partial charge in [-0.05, 0) is 25.1 Å². The first kappa shape index (κ1) is 13.5. The molecule has 1 aromatic carbocycles. The molecule has 0 spiro atoms. The normalized spacial score (nSPS) is 10.3. The molecule has 1 heterocycles. The molecule has 1 N–H and O–H groups in total. The van der Waals surface area contributed by atoms with Gasteiger partial charge in [0.05, 0.1) is 11.6 Å². The van der Waals surface area contributed by atoms with E-state index < -0.39 is 5.82 Å². The van der Waals surface area contributed by atoms with Crippen molar-refractivity contribution >= 4 is 17.5 Å². The molecule has 0 aliphatic rings. The van der Waals surface area contributed by atoms with E-state index in [1.54, 1.807) is 13.1 Å². The second-order valence-electron chi connectivity index (χ2n) is 3.58. The van der Waals surface area contributed by atoms with Crippen molar-refractivity contribution in [3.63, 3.8) is 0 Å². The zero-order valence-electron chi connectivity index (χ0n) is 10.4. The molecule has 5 nitrogen and oxygen atoms in total. The lowest BCUT2D eigenvalue weighted by Gasteiger charge is -2.07. The lowest BCUT2D eigenvalue weighted by atomic mass is 10.2. The first-order valence-corrected chi connectivity index (χ1v) is 6.04. The Labute approximate surface area is 114 Å². The zero-order valence-corrected chi connectivity index (χ0v) is 11.2. The van der Waals surface area contributed by atoms with Gasteiger partial charge in [0.15, 0.2) is 5.82 Å². The van der Waals surface area contributed by atoms with Crippen LogP contribution in [0.3, 0.4) is 0 Å². The second-order valence-corrected chi connectivity index (χ2v) is 3.98. The number of hydrogen-bond donors (Lipinski definition) is 1. The monoisotopic (exact) mass is 282 g/mol. The number of nitrogens with one attached hydrogen (secondary N) is 1. The summed E-state index contributed by atoms with van der Waals surface area (Å²) in [6.45, 7) is 2.27. The van der Waals surface area contributed by atoms with Crippen molar-refractivity contribution in [3.05, 3.63) is 29.0 Å². The Morgan fingerprint density at radius 1 is 1.32 bits per heavy atom. The molecule has 100 valence electrons. The minimum atomic E-state index is -0.488. The summed E-state index contributed by atoms with van der Waals surface area (Å²) in [5.41, 5.74) is 0.589. The average molecular weight is 283 g/mol. The van der Waals surface area contributed by atoms with Gasteiger partial charge in [-0.1, -0.05) is 11.6 Å². The van der Waals surface area contributed by atoms with E-state index >= 15 is 0 Å². The van der Waals surface area contributed by atoms with Crippen molar-refractivity contribution in [2.75, 3.05) is 19.0 Å². The second kappa shape index (κ2) is 5.79. The quantitative estimate of drug-likeness (QED) is 0.934. The average Bonchev–Trinajstić information content (AvgIpc) is 2.42. The molecular formula is C12H12ClFN4O. The van der Waals surface area contributed by atoms with Crippen LogP contribution >= 0.6 is 11.6 Å². The molecule has 0 amide bonds. The van der Waals surface area contributed by atoms with E-state index in [0.29, 0.717) is 23.9 Å². The fourth-order valence-corrected chi connectivity index (χ4v) is 1.61. The van der Waals surface area contributed by atoms with E-state index in [1.165, 1.54) is 12.1 Å². The van der Waals surface area contributed by atoms with Gasteiger partial charge in [-0.25, -0.2) is 4.39 Å². The fourth-order valence-electron chi connectivity index (χ4n) is 1.43. The van der Waals surface area contributed by atoms with Gasteiger partial charge < -0.3 is 10.1 Å². The smallest absolute Gasteiger partial charge is 0.321 e. The molecule has 1 aromatic heterocycles. The van der Waals surface area contributed by atoms with E-state index in [9.17, 15) is 4.39 Å². The molecule has 0 atom stereocenters. The summed E-state index contributed by atoms with van der Waals surface area (Å²) in [6.07, 6.45) is 0. The Morgan fingerprint density at radius 2 is 2.11 bits per heavy atom. The lowest BCUT2D eigenvalue weighted by Crippen LogP contribution is -2.05. The predicted molar refractivity (Wildman–Crippen MR) is 70.9 cm³/mol. The summed E-state index contributed by atoms with van der Waals surface area (Å²) in [7, 11) is 1.69. The summed E-state index contributed by atoms with van der Waals surface area (Å²) in [4.78, 5) is 12.4. The van der Waals surface area contributed by atoms with Gasteiger partial charge in [-0.15, -0.1) is 0 Å². The highest BCUT2D eigenvalue weighted by molar-refractivity contribution is 6.31. The Bertz CT molecular complexity index is 594. The summed E-state index contributed by atoms with van der Waals surface area (Å²) in [6, 6.07) is 4.48. The van der Waals surface area contributed by atoms with Crippen LogP contribution < -0.4 is 10.1 Å². The fraction of sp³-hybridized carbons (Fsp3) is 0.250. The molecule has 0 unspecified atom stereocenters. The van der Waals surface area contributed by atoms with Gasteiger partial charge in [0.25, 0.3) is 0 Å². The zero-order chi connectivity index (χ0) is 13.8. The van der Waals surface area contributed by atoms with Crippen LogP contribution in [-0.2, 0) is 0 Å². The molecule has 0 aliphatic heterocycles. The molecule has 2 rings (SSSR count). The predicted octanol–water partition coefficient (Wildman–Crippen LogP) is 2.77. The maximum atomic E-state index is 13.1. The number of rotatable bonds is 4. The SMILES string of the molecule is CCOc1nc(NC)nc(-c2ccc(F)c(Cl)c2)n1. The Balaban J connectivity index is 2.47. The number of nitrogens with zero attached hydrogens (tertiary/aromatic N) is 3. The third-order valence-corrected chi connectivity index (χ3v) is 2.58. The number of halogens is 2. The van der Waals surface area contributed by atoms with Crippen LogP contribution in [0.2, 0.25) is 5.02 Å². The van der Waals surface area contributed by atoms with Crippen LogP contribution in [0.25, 0.3) is 11.4 Å². The maximum absolute atomic E-state index is 13.1. The molecule has 0 fully saturated rings. The van der Waals surface area contributed by atoms with Crippen LogP contribution in [0.15, 0.2) is 18.2 Å². The van der Waals surface area contributed by atoms with Crippen LogP contribution in [0, 0.1) is 5.82 Å². The standard InChI is InChI=1S/C12H12ClFN4O/c1-3-19-12-17-10(16-11(15-2)18-12)7-4-5-9(14)8(13)6-7/h4-6H,3H2,1-2H3,(H,15,16,17,18). The largest absolute Gasteiger partial charge is 0.464 e. The minimum absolute atomic E-state index is 0.0156. The third-order valence-electron chi connectivity index (χ3n) is 2.29. The molecule has 19 heavy (non-hydrogen) atoms. The van der Waals surface area contributed by atoms with Gasteiger partial charge in [0, 0.05) is 12.6 Å². The van der Waals surface area contributed by atoms with E-state index in [1.807, 2.05) is 6.92 Å². The molecule has 0 aliphatic carbocycles. The highest BCUT2D eigenvalue weighted by Crippen LogP contribution is 2.24. The molecule has 0 saturated heterocycles. The molecule has 0 radical (unpaired) electrons. The van der Waals surface area contributed by atoms with E-state index in [0.717, 1.165) is 0 Å². The van der Waals surface area contributed by atoms with Gasteiger partial charge in [-0.2, -0.15) is 15.0 Å². The lowest BCUT2D eigenvalue weighted by molar-refractivity contribution is 0.312. The highest BCUT2D eigenvalue weighted by Gasteiger charge is 2.10. The number of hydrogen-bond acceptors (Lipinski definition) is 5. The third kappa shape index (κ3) is 3.08. The first-order chi connectivity index (χ1) is 9.13. The summed E-state index contributed by atoms with van der Waals surface area (Å²) in [5.74, 6) is 0.247. The number of aromatic nitrogens is 3. The van der Waals surface area contributed by atoms with Crippen molar-refractivity contribution in [1.29, 1.82) is 0 Å². The van der Waals surface area contributed by atoms with Gasteiger partial charge in [-0.3, -0.25) is 0 Å². The van der Waals surface area contributed by atoms with Crippen molar-refractivity contribution in [2.45, 2.75) is 6.92 Å². The van der Waals surface area contributed by atoms with Gasteiger partial charge in [0.1, 0.15) is 5.82 Å². The Hall–Kier alpha value is -1.95. The first-order valence-electron chi connectivity index (χ1n) is 5.66. The van der Waals surface area contributed by atoms with Crippen molar-refractivity contribution < 1.29 is 9.13 Å². The summed E-state index contributed by atoms with van der Waals surface area (Å²) >= 11 is 5.75. The molecule has 7 heteroatoms. The van der Waals surface area contributed by atoms with Crippen molar-refractivity contribution in [2.24, 2.45) is 0 Å². The highest BCUT2D eigenvalue weighted by atomic mass is 35.5. The number of benzene rings is 1. The van der Waals surface area contributed by atoms with E-state index in [-0.39, 0.29) is 11.0 Å². The van der Waals surface area contributed by atoms with Crippen molar-refractivity contribution in [3.8, 4) is 17.4 Å². The summed E-state index contributed by atoms with van der Waals surface area (Å²) < 4.78 is 18.4. The topological polar surface area (TPSA) is 59.9 Å². The molecule has 0 bridgehead atoms. The Kier molecular flexibility index (Phi) is 4.11. The molecular weight excluding hydrogens is 271 g/mol. The van der Waals surface area contributed by atoms with Gasteiger partial charge >= 0.3 is 6.01 Å². The van der Waals surface area contributed by atoms with Crippen molar-refractivity contribution in [1.82, 2.24) is 15.0 Å². The molecule has 0 saturated carbocycles. The van der Waals surface area contributed by atoms with Crippen LogP contribution in [0.4, 0.5) is 10.3 Å². The molecule has 2 aromatic rings. The Morgan fingerprint density at radius 3 is 2.74 bits per heavy atom. The van der Waals surface area contributed by atoms with Crippen LogP contribution in [0.1, 0.15) is 6.92 Å². The van der Waals surface area contributed by atoms with E-state index in [2.05, 4.69) is 20.3 Å². The van der Waals surface area contributed by atoms with Crippen LogP contribution in [0.5, 0.6) is 6.01 Å².